The number of fused-ring (bicyclic) bond motifs is 1. The Labute approximate surface area is 146 Å². The molecule has 0 unspecified atom stereocenters. The lowest BCUT2D eigenvalue weighted by Crippen LogP contribution is -2.60. The van der Waals surface area contributed by atoms with Gasteiger partial charge >= 0.3 is 0 Å². The molecule has 0 spiro atoms. The minimum absolute atomic E-state index is 0.0392. The van der Waals surface area contributed by atoms with Crippen molar-refractivity contribution >= 4 is 28.5 Å². The number of nitrogens with one attached hydrogen (secondary N) is 1. The summed E-state index contributed by atoms with van der Waals surface area (Å²) in [4.78, 5) is 21.7. The second-order valence-electron chi connectivity index (χ2n) is 8.00. The highest BCUT2D eigenvalue weighted by atomic mass is 35.5. The van der Waals surface area contributed by atoms with E-state index in [4.69, 9.17) is 11.6 Å². The van der Waals surface area contributed by atoms with Gasteiger partial charge in [0.05, 0.1) is 11.0 Å². The third kappa shape index (κ3) is 2.31. The van der Waals surface area contributed by atoms with Gasteiger partial charge < -0.3 is 5.32 Å². The largest absolute Gasteiger partial charge is 0.345 e. The van der Waals surface area contributed by atoms with Crippen molar-refractivity contribution in [2.24, 2.45) is 17.8 Å². The van der Waals surface area contributed by atoms with Crippen LogP contribution in [0.5, 0.6) is 0 Å². The molecule has 4 aliphatic carbocycles. The van der Waals surface area contributed by atoms with Gasteiger partial charge in [0.2, 0.25) is 0 Å². The first kappa shape index (κ1) is 14.6. The van der Waals surface area contributed by atoms with E-state index in [0.29, 0.717) is 11.0 Å². The molecule has 4 aliphatic rings. The zero-order chi connectivity index (χ0) is 16.3. The van der Waals surface area contributed by atoms with Crippen LogP contribution in [0.1, 0.15) is 49.0 Å². The maximum absolute atomic E-state index is 12.9. The van der Waals surface area contributed by atoms with E-state index >= 15 is 0 Å². The number of nitrogens with zero attached hydrogens (tertiary/aromatic N) is 2. The monoisotopic (exact) mass is 341 g/mol. The first-order chi connectivity index (χ1) is 11.6. The van der Waals surface area contributed by atoms with Crippen molar-refractivity contribution in [3.05, 3.63) is 35.1 Å². The molecule has 0 saturated heterocycles. The second kappa shape index (κ2) is 5.16. The van der Waals surface area contributed by atoms with Gasteiger partial charge in [-0.1, -0.05) is 23.7 Å². The summed E-state index contributed by atoms with van der Waals surface area (Å²) in [7, 11) is 0. The first-order valence-electron chi connectivity index (χ1n) is 8.85. The molecule has 5 heteroatoms. The quantitative estimate of drug-likeness (QED) is 0.898. The number of aromatic nitrogens is 2. The van der Waals surface area contributed by atoms with Gasteiger partial charge in [0, 0.05) is 5.54 Å². The summed E-state index contributed by atoms with van der Waals surface area (Å²) in [5, 5.41) is 3.51. The molecule has 1 aromatic carbocycles. The predicted molar refractivity (Wildman–Crippen MR) is 92.9 cm³/mol. The fourth-order valence-corrected chi connectivity index (χ4v) is 5.91. The summed E-state index contributed by atoms with van der Waals surface area (Å²) < 4.78 is 0. The van der Waals surface area contributed by atoms with Crippen molar-refractivity contribution < 1.29 is 4.79 Å². The van der Waals surface area contributed by atoms with Crippen molar-refractivity contribution in [3.63, 3.8) is 0 Å². The van der Waals surface area contributed by atoms with Crippen LogP contribution < -0.4 is 5.32 Å². The van der Waals surface area contributed by atoms with Gasteiger partial charge in [-0.3, -0.25) is 4.79 Å². The Morgan fingerprint density at radius 1 is 1.00 bits per heavy atom. The standard InChI is InChI=1S/C19H20ClN3O/c20-17-16(21-14-3-1-2-4-15(14)22-17)18(24)23-19-8-11-5-12(9-19)7-13(6-11)10-19/h1-4,11-13H,5-10H2,(H,23,24). The lowest BCUT2D eigenvalue weighted by molar-refractivity contribution is -0.0167. The molecule has 124 valence electrons. The Kier molecular flexibility index (Phi) is 3.15. The zero-order valence-electron chi connectivity index (χ0n) is 13.5. The number of hydrogen-bond donors (Lipinski definition) is 1. The number of rotatable bonds is 2. The molecule has 0 aliphatic heterocycles. The van der Waals surface area contributed by atoms with Gasteiger partial charge in [-0.2, -0.15) is 0 Å². The van der Waals surface area contributed by atoms with E-state index in [-0.39, 0.29) is 22.3 Å². The Balaban J connectivity index is 1.46. The molecule has 0 radical (unpaired) electrons. The van der Waals surface area contributed by atoms with Crippen molar-refractivity contribution in [1.29, 1.82) is 0 Å². The summed E-state index contributed by atoms with van der Waals surface area (Å²) in [5.74, 6) is 2.19. The number of para-hydroxylation sites is 2. The van der Waals surface area contributed by atoms with E-state index in [1.165, 1.54) is 19.3 Å². The molecule has 2 aromatic rings. The molecule has 0 atom stereocenters. The highest BCUT2D eigenvalue weighted by Crippen LogP contribution is 2.55. The SMILES string of the molecule is O=C(NC12CC3CC(CC(C3)C1)C2)c1nc2ccccc2nc1Cl. The van der Waals surface area contributed by atoms with Crippen molar-refractivity contribution in [1.82, 2.24) is 15.3 Å². The maximum atomic E-state index is 12.9. The van der Waals surface area contributed by atoms with E-state index < -0.39 is 0 Å². The molecule has 4 fully saturated rings. The molecule has 1 amide bonds. The summed E-state index contributed by atoms with van der Waals surface area (Å²) >= 11 is 6.25. The molecule has 6 rings (SSSR count). The third-order valence-electron chi connectivity index (χ3n) is 6.16. The molecule has 1 aromatic heterocycles. The second-order valence-corrected chi connectivity index (χ2v) is 8.36. The van der Waals surface area contributed by atoms with Crippen LogP contribution in [-0.2, 0) is 0 Å². The molecule has 24 heavy (non-hydrogen) atoms. The molecular weight excluding hydrogens is 322 g/mol. The summed E-state index contributed by atoms with van der Waals surface area (Å²) in [6, 6.07) is 7.50. The molecule has 4 bridgehead atoms. The normalized spacial score (nSPS) is 33.8. The molecular formula is C19H20ClN3O. The average Bonchev–Trinajstić information content (AvgIpc) is 2.52. The fraction of sp³-hybridized carbons (Fsp3) is 0.526. The summed E-state index contributed by atoms with van der Waals surface area (Å²) in [5.41, 5.74) is 1.64. The van der Waals surface area contributed by atoms with Gasteiger partial charge in [0.25, 0.3) is 5.91 Å². The Hall–Kier alpha value is -1.68. The summed E-state index contributed by atoms with van der Waals surface area (Å²) in [6.07, 6.45) is 7.40. The summed E-state index contributed by atoms with van der Waals surface area (Å²) in [6.45, 7) is 0. The van der Waals surface area contributed by atoms with Crippen LogP contribution in [0.2, 0.25) is 5.15 Å². The van der Waals surface area contributed by atoms with Gasteiger partial charge in [-0.15, -0.1) is 0 Å². The van der Waals surface area contributed by atoms with Gasteiger partial charge in [-0.25, -0.2) is 9.97 Å². The first-order valence-corrected chi connectivity index (χ1v) is 9.23. The van der Waals surface area contributed by atoms with Crippen LogP contribution in [-0.4, -0.2) is 21.4 Å². The molecule has 1 N–H and O–H groups in total. The van der Waals surface area contributed by atoms with E-state index in [9.17, 15) is 4.79 Å². The van der Waals surface area contributed by atoms with Crippen LogP contribution in [0, 0.1) is 17.8 Å². The smallest absolute Gasteiger partial charge is 0.273 e. The zero-order valence-corrected chi connectivity index (χ0v) is 14.2. The topological polar surface area (TPSA) is 54.9 Å². The molecule has 1 heterocycles. The van der Waals surface area contributed by atoms with E-state index in [1.54, 1.807) is 0 Å². The van der Waals surface area contributed by atoms with Crippen molar-refractivity contribution in [3.8, 4) is 0 Å². The average molecular weight is 342 g/mol. The van der Waals surface area contributed by atoms with Crippen LogP contribution in [0.15, 0.2) is 24.3 Å². The number of hydrogen-bond acceptors (Lipinski definition) is 3. The van der Waals surface area contributed by atoms with Crippen molar-refractivity contribution in [2.75, 3.05) is 0 Å². The van der Waals surface area contributed by atoms with Crippen LogP contribution in [0.4, 0.5) is 0 Å². The van der Waals surface area contributed by atoms with E-state index in [1.807, 2.05) is 24.3 Å². The van der Waals surface area contributed by atoms with Gasteiger partial charge in [0.15, 0.2) is 10.8 Å². The predicted octanol–water partition coefficient (Wildman–Crippen LogP) is 3.98. The van der Waals surface area contributed by atoms with Crippen LogP contribution in [0.3, 0.4) is 0 Å². The molecule has 4 saturated carbocycles. The lowest BCUT2D eigenvalue weighted by atomic mass is 9.53. The van der Waals surface area contributed by atoms with E-state index in [0.717, 1.165) is 37.0 Å². The Bertz CT molecular complexity index is 799. The van der Waals surface area contributed by atoms with Gasteiger partial charge in [-0.05, 0) is 68.4 Å². The highest BCUT2D eigenvalue weighted by Gasteiger charge is 2.51. The van der Waals surface area contributed by atoms with E-state index in [2.05, 4.69) is 15.3 Å². The molecule has 4 nitrogen and oxygen atoms in total. The minimum Gasteiger partial charge on any atom is -0.345 e. The lowest BCUT2D eigenvalue weighted by Gasteiger charge is -2.56. The number of amides is 1. The maximum Gasteiger partial charge on any atom is 0.273 e. The minimum atomic E-state index is -0.166. The Morgan fingerprint density at radius 2 is 1.54 bits per heavy atom. The Morgan fingerprint density at radius 3 is 2.12 bits per heavy atom. The number of carbonyl (C=O) groups is 1. The number of halogens is 1. The number of carbonyl (C=O) groups excluding carboxylic acids is 1. The van der Waals surface area contributed by atoms with Gasteiger partial charge in [0.1, 0.15) is 0 Å². The van der Waals surface area contributed by atoms with Crippen LogP contribution in [0.25, 0.3) is 11.0 Å². The fourth-order valence-electron chi connectivity index (χ4n) is 5.69. The number of benzene rings is 1. The van der Waals surface area contributed by atoms with Crippen molar-refractivity contribution in [2.45, 2.75) is 44.1 Å². The highest BCUT2D eigenvalue weighted by molar-refractivity contribution is 6.32. The van der Waals surface area contributed by atoms with Crippen LogP contribution >= 0.6 is 11.6 Å². The third-order valence-corrected chi connectivity index (χ3v) is 6.42.